The van der Waals surface area contributed by atoms with E-state index in [9.17, 15) is 9.90 Å². The number of ether oxygens (including phenoxy) is 1. The van der Waals surface area contributed by atoms with Gasteiger partial charge in [0.05, 0.1) is 24.4 Å². The largest absolute Gasteiger partial charge is 0.386 e. The summed E-state index contributed by atoms with van der Waals surface area (Å²) in [5.41, 5.74) is 6.70. The molecule has 1 amide bonds. The number of benzene rings is 1. The number of aromatic nitrogens is 1. The van der Waals surface area contributed by atoms with E-state index >= 15 is 0 Å². The van der Waals surface area contributed by atoms with Gasteiger partial charge in [0.2, 0.25) is 5.91 Å². The Labute approximate surface area is 185 Å². The molecule has 0 atom stereocenters. The van der Waals surface area contributed by atoms with Crippen molar-refractivity contribution in [3.63, 3.8) is 0 Å². The smallest absolute Gasteiger partial charge is 0.249 e. The average Bonchev–Trinajstić information content (AvgIpc) is 3.25. The fraction of sp³-hybridized carbons (Fsp3) is 0.304. The second-order valence-corrected chi connectivity index (χ2v) is 8.82. The fourth-order valence-corrected chi connectivity index (χ4v) is 4.40. The van der Waals surface area contributed by atoms with E-state index in [1.165, 1.54) is 11.3 Å². The highest BCUT2D eigenvalue weighted by atomic mass is 32.1. The van der Waals surface area contributed by atoms with E-state index in [2.05, 4.69) is 4.90 Å². The molecule has 1 aliphatic rings. The highest BCUT2D eigenvalue weighted by molar-refractivity contribution is 7.14. The quantitative estimate of drug-likeness (QED) is 0.609. The predicted molar refractivity (Wildman–Crippen MR) is 124 cm³/mol. The van der Waals surface area contributed by atoms with Crippen LogP contribution in [-0.4, -0.2) is 42.3 Å². The molecule has 3 heterocycles. The number of thiophene rings is 1. The van der Waals surface area contributed by atoms with Gasteiger partial charge in [-0.05, 0) is 49.7 Å². The number of nitrogens with two attached hydrogens (primary N) is 1. The van der Waals surface area contributed by atoms with Gasteiger partial charge >= 0.3 is 0 Å². The first-order valence-electron chi connectivity index (χ1n) is 10.1. The molecule has 0 radical (unpaired) electrons. The van der Waals surface area contributed by atoms with Crippen LogP contribution < -0.4 is 15.5 Å². The van der Waals surface area contributed by atoms with Crippen LogP contribution in [0.3, 0.4) is 0 Å². The number of rotatable bonds is 6. The molecule has 1 aromatic carbocycles. The molecule has 3 aromatic rings. The van der Waals surface area contributed by atoms with Crippen LogP contribution in [0.1, 0.15) is 29.8 Å². The van der Waals surface area contributed by atoms with Crippen LogP contribution in [0.15, 0.2) is 53.9 Å². The number of anilines is 4. The number of carbonyl (C=O) groups excluding carboxylic acids is 1. The molecule has 1 aliphatic heterocycles. The number of carbonyl (C=O) groups is 1. The summed E-state index contributed by atoms with van der Waals surface area (Å²) in [6.07, 6.45) is 0. The van der Waals surface area contributed by atoms with E-state index in [1.54, 1.807) is 25.3 Å². The topological polar surface area (TPSA) is 91.9 Å². The van der Waals surface area contributed by atoms with Crippen LogP contribution in [0, 0.1) is 0 Å². The first-order chi connectivity index (χ1) is 14.8. The predicted octanol–water partition coefficient (Wildman–Crippen LogP) is 3.78. The van der Waals surface area contributed by atoms with E-state index < -0.39 is 11.5 Å². The maximum Gasteiger partial charge on any atom is 0.249 e. The lowest BCUT2D eigenvalue weighted by atomic mass is 9.98. The molecule has 0 bridgehead atoms. The van der Waals surface area contributed by atoms with Gasteiger partial charge in [0.1, 0.15) is 16.6 Å². The second-order valence-electron chi connectivity index (χ2n) is 7.93. The number of amides is 1. The van der Waals surface area contributed by atoms with E-state index in [0.29, 0.717) is 18.8 Å². The lowest BCUT2D eigenvalue weighted by Gasteiger charge is -2.29. The molecule has 0 aliphatic carbocycles. The summed E-state index contributed by atoms with van der Waals surface area (Å²) in [7, 11) is 0. The Morgan fingerprint density at radius 1 is 1.19 bits per heavy atom. The molecular weight excluding hydrogens is 412 g/mol. The van der Waals surface area contributed by atoms with Crippen LogP contribution in [0.2, 0.25) is 0 Å². The molecule has 8 heteroatoms. The number of aliphatic hydroxyl groups is 1. The summed E-state index contributed by atoms with van der Waals surface area (Å²) in [6.45, 7) is 6.46. The Balaban J connectivity index is 1.76. The van der Waals surface area contributed by atoms with Crippen molar-refractivity contribution in [2.45, 2.75) is 19.4 Å². The van der Waals surface area contributed by atoms with Crippen molar-refractivity contribution >= 4 is 39.6 Å². The van der Waals surface area contributed by atoms with Crippen molar-refractivity contribution in [2.75, 3.05) is 36.1 Å². The van der Waals surface area contributed by atoms with Gasteiger partial charge in [-0.15, -0.1) is 11.3 Å². The Morgan fingerprint density at radius 3 is 2.52 bits per heavy atom. The monoisotopic (exact) mass is 438 g/mol. The number of hydrogen-bond acceptors (Lipinski definition) is 7. The second kappa shape index (κ2) is 8.66. The molecule has 1 saturated heterocycles. The van der Waals surface area contributed by atoms with Crippen molar-refractivity contribution in [2.24, 2.45) is 5.73 Å². The third kappa shape index (κ3) is 4.71. The SMILES string of the molecule is CC(C)(O)c1ccc(N(c2cccc(N3CCOCC3)n2)c2cc(C(N)=O)cs2)cc1. The Kier molecular flexibility index (Phi) is 5.95. The minimum atomic E-state index is -0.931. The molecule has 162 valence electrons. The molecule has 1 fully saturated rings. The maximum atomic E-state index is 11.7. The zero-order valence-corrected chi connectivity index (χ0v) is 18.4. The number of hydrogen-bond donors (Lipinski definition) is 2. The normalized spacial score (nSPS) is 14.5. The molecule has 0 unspecified atom stereocenters. The van der Waals surface area contributed by atoms with Crippen molar-refractivity contribution in [3.05, 3.63) is 65.0 Å². The van der Waals surface area contributed by atoms with Gasteiger partial charge in [0.15, 0.2) is 0 Å². The van der Waals surface area contributed by atoms with Crippen LogP contribution in [0.4, 0.5) is 22.3 Å². The third-order valence-corrected chi connectivity index (χ3v) is 6.12. The van der Waals surface area contributed by atoms with Crippen LogP contribution in [0.5, 0.6) is 0 Å². The minimum absolute atomic E-state index is 0.461. The summed E-state index contributed by atoms with van der Waals surface area (Å²) in [4.78, 5) is 20.8. The third-order valence-electron chi connectivity index (χ3n) is 5.21. The van der Waals surface area contributed by atoms with E-state index in [0.717, 1.165) is 41.0 Å². The number of primary amides is 1. The number of pyridine rings is 1. The summed E-state index contributed by atoms with van der Waals surface area (Å²) < 4.78 is 5.46. The zero-order chi connectivity index (χ0) is 22.0. The van der Waals surface area contributed by atoms with Crippen LogP contribution in [-0.2, 0) is 10.3 Å². The molecule has 3 N–H and O–H groups in total. The van der Waals surface area contributed by atoms with E-state index in [4.69, 9.17) is 15.5 Å². The molecule has 7 nitrogen and oxygen atoms in total. The van der Waals surface area contributed by atoms with Crippen molar-refractivity contribution in [1.29, 1.82) is 0 Å². The highest BCUT2D eigenvalue weighted by Gasteiger charge is 2.21. The van der Waals surface area contributed by atoms with Crippen LogP contribution >= 0.6 is 11.3 Å². The standard InChI is InChI=1S/C23H26N4O3S/c1-23(2,29)17-6-8-18(9-7-17)27(21-14-16(15-31-21)22(24)28)20-5-3-4-19(25-20)26-10-12-30-13-11-26/h3-9,14-15,29H,10-13H2,1-2H3,(H2,24,28). The Morgan fingerprint density at radius 2 is 1.90 bits per heavy atom. The minimum Gasteiger partial charge on any atom is -0.386 e. The summed E-state index contributed by atoms with van der Waals surface area (Å²) in [6, 6.07) is 15.4. The van der Waals surface area contributed by atoms with E-state index in [-0.39, 0.29) is 0 Å². The van der Waals surface area contributed by atoms with Gasteiger partial charge in [0, 0.05) is 24.2 Å². The first kappa shape index (κ1) is 21.3. The van der Waals surface area contributed by atoms with Crippen molar-refractivity contribution in [3.8, 4) is 0 Å². The van der Waals surface area contributed by atoms with Crippen molar-refractivity contribution in [1.82, 2.24) is 4.98 Å². The molecule has 2 aromatic heterocycles. The van der Waals surface area contributed by atoms with Gasteiger partial charge in [-0.2, -0.15) is 0 Å². The Hall–Kier alpha value is -2.94. The molecule has 0 spiro atoms. The Bertz CT molecular complexity index is 1050. The molecular formula is C23H26N4O3S. The molecule has 4 rings (SSSR count). The summed E-state index contributed by atoms with van der Waals surface area (Å²) in [5, 5.41) is 12.9. The number of nitrogens with zero attached hydrogens (tertiary/aromatic N) is 3. The molecule has 0 saturated carbocycles. The lowest BCUT2D eigenvalue weighted by Crippen LogP contribution is -2.36. The lowest BCUT2D eigenvalue weighted by molar-refractivity contribution is 0.0786. The van der Waals surface area contributed by atoms with Gasteiger partial charge < -0.3 is 20.5 Å². The van der Waals surface area contributed by atoms with Gasteiger partial charge in [0.25, 0.3) is 0 Å². The zero-order valence-electron chi connectivity index (χ0n) is 17.6. The summed E-state index contributed by atoms with van der Waals surface area (Å²) >= 11 is 1.43. The maximum absolute atomic E-state index is 11.7. The van der Waals surface area contributed by atoms with Gasteiger partial charge in [-0.1, -0.05) is 18.2 Å². The first-order valence-corrected chi connectivity index (χ1v) is 11.0. The fourth-order valence-electron chi connectivity index (χ4n) is 3.47. The van der Waals surface area contributed by atoms with Gasteiger partial charge in [-0.25, -0.2) is 4.98 Å². The van der Waals surface area contributed by atoms with Gasteiger partial charge in [-0.3, -0.25) is 9.69 Å². The summed E-state index contributed by atoms with van der Waals surface area (Å²) in [5.74, 6) is 1.15. The van der Waals surface area contributed by atoms with Crippen LogP contribution in [0.25, 0.3) is 0 Å². The molecule has 31 heavy (non-hydrogen) atoms. The average molecular weight is 439 g/mol. The van der Waals surface area contributed by atoms with E-state index in [1.807, 2.05) is 47.4 Å². The van der Waals surface area contributed by atoms with Crippen molar-refractivity contribution < 1.29 is 14.6 Å². The number of morpholine rings is 1. The highest BCUT2D eigenvalue weighted by Crippen LogP contribution is 2.38.